The molecule has 0 saturated carbocycles. The summed E-state index contributed by atoms with van der Waals surface area (Å²) in [5, 5.41) is 0. The molecule has 0 aliphatic rings. The van der Waals surface area contributed by atoms with E-state index >= 15 is 0 Å². The van der Waals surface area contributed by atoms with E-state index in [4.69, 9.17) is 0 Å². The summed E-state index contributed by atoms with van der Waals surface area (Å²) in [5.74, 6) is 0.592. The van der Waals surface area contributed by atoms with E-state index in [0.717, 1.165) is 12.1 Å². The lowest BCUT2D eigenvalue weighted by Gasteiger charge is -2.07. The molecule has 0 amide bonds. The highest BCUT2D eigenvalue weighted by Crippen LogP contribution is 2.15. The van der Waals surface area contributed by atoms with E-state index in [9.17, 15) is 0 Å². The molecule has 1 aromatic rings. The Hall–Kier alpha value is -0.850. The second-order valence-electron chi connectivity index (χ2n) is 3.01. The van der Waals surface area contributed by atoms with Gasteiger partial charge in [0, 0.05) is 11.4 Å². The number of pyridine rings is 1. The van der Waals surface area contributed by atoms with Crippen LogP contribution in [0.1, 0.15) is 37.6 Å². The molecule has 0 aliphatic carbocycles. The van der Waals surface area contributed by atoms with Crippen LogP contribution in [0.3, 0.4) is 0 Å². The molecule has 0 aromatic carbocycles. The number of hydrogen-bond donors (Lipinski definition) is 0. The number of aryl methyl sites for hydroxylation is 1. The van der Waals surface area contributed by atoms with E-state index < -0.39 is 0 Å². The average molecular weight is 149 g/mol. The Balaban J connectivity index is 2.86. The van der Waals surface area contributed by atoms with Gasteiger partial charge in [-0.2, -0.15) is 0 Å². The predicted octanol–water partition coefficient (Wildman–Crippen LogP) is 2.90. The fraction of sp³-hybridized carbons (Fsp3) is 0.500. The van der Waals surface area contributed by atoms with Crippen LogP contribution in [0.2, 0.25) is 0 Å². The van der Waals surface area contributed by atoms with Gasteiger partial charge in [-0.25, -0.2) is 0 Å². The van der Waals surface area contributed by atoms with Gasteiger partial charge in [0.1, 0.15) is 0 Å². The van der Waals surface area contributed by atoms with Crippen LogP contribution in [-0.4, -0.2) is 4.98 Å². The molecule has 1 heteroatoms. The minimum Gasteiger partial charge on any atom is -0.258 e. The molecule has 60 valence electrons. The van der Waals surface area contributed by atoms with E-state index in [1.54, 1.807) is 0 Å². The normalized spacial score (nSPS) is 13.0. The molecule has 1 atom stereocenters. The van der Waals surface area contributed by atoms with Crippen LogP contribution in [0.4, 0.5) is 0 Å². The molecule has 1 heterocycles. The van der Waals surface area contributed by atoms with Crippen molar-refractivity contribution >= 4 is 0 Å². The topological polar surface area (TPSA) is 12.9 Å². The SMILES string of the molecule is CC[C@H](C)c1cccc(C)n1. The third kappa shape index (κ3) is 2.04. The Morgan fingerprint density at radius 1 is 1.45 bits per heavy atom. The number of rotatable bonds is 2. The van der Waals surface area contributed by atoms with Crippen molar-refractivity contribution in [3.63, 3.8) is 0 Å². The molecule has 1 rings (SSSR count). The second-order valence-corrected chi connectivity index (χ2v) is 3.01. The summed E-state index contributed by atoms with van der Waals surface area (Å²) in [5.41, 5.74) is 2.33. The molecule has 0 saturated heterocycles. The van der Waals surface area contributed by atoms with Gasteiger partial charge in [0.15, 0.2) is 0 Å². The Bertz CT molecular complexity index is 230. The highest BCUT2D eigenvalue weighted by atomic mass is 14.7. The summed E-state index contributed by atoms with van der Waals surface area (Å²) in [4.78, 5) is 4.44. The van der Waals surface area contributed by atoms with Crippen molar-refractivity contribution in [3.05, 3.63) is 29.6 Å². The minimum absolute atomic E-state index is 0.592. The first-order valence-corrected chi connectivity index (χ1v) is 4.17. The largest absolute Gasteiger partial charge is 0.258 e. The summed E-state index contributed by atoms with van der Waals surface area (Å²) >= 11 is 0. The molecule has 1 aromatic heterocycles. The summed E-state index contributed by atoms with van der Waals surface area (Å²) in [6, 6.07) is 6.21. The minimum atomic E-state index is 0.592. The zero-order valence-corrected chi connectivity index (χ0v) is 7.46. The van der Waals surface area contributed by atoms with Crippen molar-refractivity contribution in [1.29, 1.82) is 0 Å². The Labute approximate surface area is 68.5 Å². The molecule has 0 spiro atoms. The standard InChI is InChI=1S/C10H15N/c1-4-8(2)10-7-5-6-9(3)11-10/h5-8H,4H2,1-3H3/t8-/m0/s1. The fourth-order valence-corrected chi connectivity index (χ4v) is 1.05. The molecule has 0 unspecified atom stereocenters. The van der Waals surface area contributed by atoms with Crippen molar-refractivity contribution < 1.29 is 0 Å². The molecule has 0 radical (unpaired) electrons. The lowest BCUT2D eigenvalue weighted by atomic mass is 10.0. The average Bonchev–Trinajstić information content (AvgIpc) is 2.03. The van der Waals surface area contributed by atoms with E-state index in [1.807, 2.05) is 13.0 Å². The lowest BCUT2D eigenvalue weighted by molar-refractivity contribution is 0.705. The maximum atomic E-state index is 4.44. The lowest BCUT2D eigenvalue weighted by Crippen LogP contribution is -1.95. The summed E-state index contributed by atoms with van der Waals surface area (Å²) in [6.07, 6.45) is 1.16. The van der Waals surface area contributed by atoms with Gasteiger partial charge in [-0.3, -0.25) is 4.98 Å². The third-order valence-electron chi connectivity index (χ3n) is 2.03. The molecule has 1 nitrogen and oxygen atoms in total. The van der Waals surface area contributed by atoms with E-state index in [2.05, 4.69) is 31.0 Å². The van der Waals surface area contributed by atoms with Gasteiger partial charge in [0.2, 0.25) is 0 Å². The van der Waals surface area contributed by atoms with Gasteiger partial charge in [0.25, 0.3) is 0 Å². The molecule has 0 aliphatic heterocycles. The number of hydrogen-bond acceptors (Lipinski definition) is 1. The van der Waals surface area contributed by atoms with Crippen molar-refractivity contribution in [3.8, 4) is 0 Å². The maximum Gasteiger partial charge on any atom is 0.0434 e. The summed E-state index contributed by atoms with van der Waals surface area (Å²) in [6.45, 7) is 6.43. The van der Waals surface area contributed by atoms with Crippen molar-refractivity contribution in [2.45, 2.75) is 33.1 Å². The highest BCUT2D eigenvalue weighted by Gasteiger charge is 2.02. The van der Waals surface area contributed by atoms with Gasteiger partial charge in [-0.05, 0) is 31.4 Å². The monoisotopic (exact) mass is 149 g/mol. The Morgan fingerprint density at radius 3 is 2.73 bits per heavy atom. The van der Waals surface area contributed by atoms with Crippen LogP contribution in [-0.2, 0) is 0 Å². The Kier molecular flexibility index (Phi) is 2.64. The third-order valence-corrected chi connectivity index (χ3v) is 2.03. The highest BCUT2D eigenvalue weighted by molar-refractivity contribution is 5.12. The van der Waals surface area contributed by atoms with Crippen LogP contribution in [0.5, 0.6) is 0 Å². The predicted molar refractivity (Wildman–Crippen MR) is 47.7 cm³/mol. The van der Waals surface area contributed by atoms with Crippen LogP contribution in [0.25, 0.3) is 0 Å². The Morgan fingerprint density at radius 2 is 2.18 bits per heavy atom. The zero-order chi connectivity index (χ0) is 8.27. The van der Waals surface area contributed by atoms with Gasteiger partial charge in [-0.1, -0.05) is 19.9 Å². The first-order chi connectivity index (χ1) is 5.24. The first-order valence-electron chi connectivity index (χ1n) is 4.17. The molecule has 11 heavy (non-hydrogen) atoms. The van der Waals surface area contributed by atoms with E-state index in [-0.39, 0.29) is 0 Å². The first kappa shape index (κ1) is 8.25. The quantitative estimate of drug-likeness (QED) is 0.630. The summed E-state index contributed by atoms with van der Waals surface area (Å²) in [7, 11) is 0. The van der Waals surface area contributed by atoms with Gasteiger partial charge in [-0.15, -0.1) is 0 Å². The smallest absolute Gasteiger partial charge is 0.0434 e. The van der Waals surface area contributed by atoms with Crippen LogP contribution in [0, 0.1) is 6.92 Å². The van der Waals surface area contributed by atoms with Crippen LogP contribution in [0.15, 0.2) is 18.2 Å². The molecular formula is C10H15N. The zero-order valence-electron chi connectivity index (χ0n) is 7.46. The maximum absolute atomic E-state index is 4.44. The molecule has 0 fully saturated rings. The molecular weight excluding hydrogens is 134 g/mol. The molecule has 0 N–H and O–H groups in total. The van der Waals surface area contributed by atoms with Crippen molar-refractivity contribution in [2.75, 3.05) is 0 Å². The van der Waals surface area contributed by atoms with Crippen molar-refractivity contribution in [1.82, 2.24) is 4.98 Å². The van der Waals surface area contributed by atoms with Gasteiger partial charge < -0.3 is 0 Å². The van der Waals surface area contributed by atoms with Crippen LogP contribution < -0.4 is 0 Å². The van der Waals surface area contributed by atoms with Gasteiger partial charge >= 0.3 is 0 Å². The van der Waals surface area contributed by atoms with E-state index in [1.165, 1.54) is 5.69 Å². The van der Waals surface area contributed by atoms with Crippen molar-refractivity contribution in [2.24, 2.45) is 0 Å². The summed E-state index contributed by atoms with van der Waals surface area (Å²) < 4.78 is 0. The van der Waals surface area contributed by atoms with Crippen LogP contribution >= 0.6 is 0 Å². The fourth-order valence-electron chi connectivity index (χ4n) is 1.05. The van der Waals surface area contributed by atoms with E-state index in [0.29, 0.717) is 5.92 Å². The number of nitrogens with zero attached hydrogens (tertiary/aromatic N) is 1. The second kappa shape index (κ2) is 3.51. The molecule has 0 bridgehead atoms. The number of aromatic nitrogens is 1. The van der Waals surface area contributed by atoms with Gasteiger partial charge in [0.05, 0.1) is 0 Å².